The summed E-state index contributed by atoms with van der Waals surface area (Å²) in [6, 6.07) is 4.87. The van der Waals surface area contributed by atoms with Gasteiger partial charge >= 0.3 is 0 Å². The first-order valence-corrected chi connectivity index (χ1v) is 6.68. The molecule has 0 unspecified atom stereocenters. The fourth-order valence-corrected chi connectivity index (χ4v) is 2.18. The van der Waals surface area contributed by atoms with Gasteiger partial charge < -0.3 is 5.32 Å². The molecule has 1 aromatic heterocycles. The highest BCUT2D eigenvalue weighted by molar-refractivity contribution is 5.78. The van der Waals surface area contributed by atoms with Crippen molar-refractivity contribution in [2.45, 2.75) is 20.8 Å². The number of aryl methyl sites for hydroxylation is 2. The van der Waals surface area contributed by atoms with Crippen molar-refractivity contribution in [1.29, 1.82) is 0 Å². The topological polar surface area (TPSA) is 37.8 Å². The van der Waals surface area contributed by atoms with E-state index in [-0.39, 0.29) is 5.82 Å². The van der Waals surface area contributed by atoms with E-state index in [0.717, 1.165) is 22.4 Å². The minimum atomic E-state index is -0.223. The van der Waals surface area contributed by atoms with Gasteiger partial charge in [-0.1, -0.05) is 18.7 Å². The van der Waals surface area contributed by atoms with Crippen LogP contribution < -0.4 is 5.32 Å². The Morgan fingerprint density at radius 1 is 1.29 bits per heavy atom. The SMILES string of the molecule is C=C/C=C(\C)c1c(C)cnnc1Nc1ccc(F)c(C)c1. The molecule has 21 heavy (non-hydrogen) atoms. The first kappa shape index (κ1) is 14.9. The van der Waals surface area contributed by atoms with Gasteiger partial charge in [-0.25, -0.2) is 4.39 Å². The second kappa shape index (κ2) is 6.31. The Labute approximate surface area is 124 Å². The molecule has 0 atom stereocenters. The number of hydrogen-bond donors (Lipinski definition) is 1. The number of hydrogen-bond acceptors (Lipinski definition) is 3. The molecule has 4 heteroatoms. The molecule has 0 spiro atoms. The lowest BCUT2D eigenvalue weighted by Crippen LogP contribution is -2.02. The Kier molecular flexibility index (Phi) is 4.48. The number of halogens is 1. The second-order valence-corrected chi connectivity index (χ2v) is 4.93. The standard InChI is InChI=1S/C17H18FN3/c1-5-6-11(2)16-13(4)10-19-21-17(16)20-14-7-8-15(18)12(3)9-14/h5-10H,1H2,2-4H3,(H,20,21)/b11-6+. The smallest absolute Gasteiger partial charge is 0.160 e. The zero-order valence-electron chi connectivity index (χ0n) is 12.4. The lowest BCUT2D eigenvalue weighted by atomic mass is 10.0. The van der Waals surface area contributed by atoms with Crippen molar-refractivity contribution in [3.05, 3.63) is 65.6 Å². The van der Waals surface area contributed by atoms with Crippen molar-refractivity contribution in [2.24, 2.45) is 0 Å². The van der Waals surface area contributed by atoms with Crippen molar-refractivity contribution < 1.29 is 4.39 Å². The first-order chi connectivity index (χ1) is 10.0. The molecule has 1 heterocycles. The molecule has 0 fully saturated rings. The Hall–Kier alpha value is -2.49. The van der Waals surface area contributed by atoms with Gasteiger partial charge in [-0.05, 0) is 55.7 Å². The third kappa shape index (κ3) is 3.34. The van der Waals surface area contributed by atoms with Crippen molar-refractivity contribution >= 4 is 17.1 Å². The van der Waals surface area contributed by atoms with Gasteiger partial charge in [-0.3, -0.25) is 0 Å². The summed E-state index contributed by atoms with van der Waals surface area (Å²) in [5.74, 6) is 0.426. The van der Waals surface area contributed by atoms with Crippen LogP contribution in [-0.2, 0) is 0 Å². The number of benzene rings is 1. The Balaban J connectivity index is 2.44. The molecule has 0 aliphatic heterocycles. The van der Waals surface area contributed by atoms with Crippen LogP contribution in [0.1, 0.15) is 23.6 Å². The highest BCUT2D eigenvalue weighted by Gasteiger charge is 2.10. The largest absolute Gasteiger partial charge is 0.338 e. The van der Waals surface area contributed by atoms with Gasteiger partial charge in [0.15, 0.2) is 5.82 Å². The summed E-state index contributed by atoms with van der Waals surface area (Å²) in [5.41, 5.74) is 4.40. The Bertz CT molecular complexity index is 705. The zero-order valence-corrected chi connectivity index (χ0v) is 12.4. The van der Waals surface area contributed by atoms with Crippen molar-refractivity contribution in [3.63, 3.8) is 0 Å². The van der Waals surface area contributed by atoms with Crippen LogP contribution in [0.5, 0.6) is 0 Å². The van der Waals surface area contributed by atoms with E-state index in [1.165, 1.54) is 6.07 Å². The molecule has 0 saturated carbocycles. The second-order valence-electron chi connectivity index (χ2n) is 4.93. The fraction of sp³-hybridized carbons (Fsp3) is 0.176. The van der Waals surface area contributed by atoms with Crippen LogP contribution in [0.3, 0.4) is 0 Å². The van der Waals surface area contributed by atoms with Crippen LogP contribution in [0.25, 0.3) is 5.57 Å². The van der Waals surface area contributed by atoms with E-state index in [0.29, 0.717) is 11.4 Å². The average Bonchev–Trinajstić information content (AvgIpc) is 2.43. The van der Waals surface area contributed by atoms with E-state index < -0.39 is 0 Å². The maximum absolute atomic E-state index is 13.3. The summed E-state index contributed by atoms with van der Waals surface area (Å²) in [6.45, 7) is 9.42. The fourth-order valence-electron chi connectivity index (χ4n) is 2.18. The maximum Gasteiger partial charge on any atom is 0.160 e. The molecular formula is C17H18FN3. The molecule has 1 N–H and O–H groups in total. The van der Waals surface area contributed by atoms with Crippen molar-refractivity contribution in [1.82, 2.24) is 10.2 Å². The number of rotatable bonds is 4. The molecule has 0 amide bonds. The summed E-state index contributed by atoms with van der Waals surface area (Å²) in [4.78, 5) is 0. The van der Waals surface area contributed by atoms with E-state index in [1.54, 1.807) is 31.3 Å². The normalized spacial score (nSPS) is 11.3. The molecule has 0 bridgehead atoms. The van der Waals surface area contributed by atoms with E-state index >= 15 is 0 Å². The van der Waals surface area contributed by atoms with Crippen molar-refractivity contribution in [2.75, 3.05) is 5.32 Å². The van der Waals surface area contributed by atoms with Gasteiger partial charge in [0.1, 0.15) is 5.82 Å². The van der Waals surface area contributed by atoms with Gasteiger partial charge in [-0.15, -0.1) is 5.10 Å². The zero-order chi connectivity index (χ0) is 15.4. The van der Waals surface area contributed by atoms with E-state index in [9.17, 15) is 4.39 Å². The van der Waals surface area contributed by atoms with Crippen LogP contribution in [0, 0.1) is 19.7 Å². The van der Waals surface area contributed by atoms with Gasteiger partial charge in [0.25, 0.3) is 0 Å². The number of allylic oxidation sites excluding steroid dienone is 3. The highest BCUT2D eigenvalue weighted by atomic mass is 19.1. The molecule has 108 valence electrons. The van der Waals surface area contributed by atoms with E-state index in [1.807, 2.05) is 19.9 Å². The molecule has 0 aliphatic carbocycles. The van der Waals surface area contributed by atoms with Gasteiger partial charge in [0.05, 0.1) is 6.20 Å². The first-order valence-electron chi connectivity index (χ1n) is 6.68. The molecule has 2 rings (SSSR count). The van der Waals surface area contributed by atoms with Crippen LogP contribution >= 0.6 is 0 Å². The third-order valence-corrected chi connectivity index (χ3v) is 3.22. The van der Waals surface area contributed by atoms with Gasteiger partial charge in [-0.2, -0.15) is 5.10 Å². The highest BCUT2D eigenvalue weighted by Crippen LogP contribution is 2.27. The summed E-state index contributed by atoms with van der Waals surface area (Å²) >= 11 is 0. The number of nitrogens with one attached hydrogen (secondary N) is 1. The molecule has 0 radical (unpaired) electrons. The quantitative estimate of drug-likeness (QED) is 0.835. The monoisotopic (exact) mass is 283 g/mol. The molecule has 1 aromatic carbocycles. The van der Waals surface area contributed by atoms with E-state index in [2.05, 4.69) is 22.1 Å². The molecule has 3 nitrogen and oxygen atoms in total. The van der Waals surface area contributed by atoms with Crippen LogP contribution in [-0.4, -0.2) is 10.2 Å². The minimum Gasteiger partial charge on any atom is -0.338 e. The molecule has 0 saturated heterocycles. The van der Waals surface area contributed by atoms with Crippen LogP contribution in [0.15, 0.2) is 43.1 Å². The summed E-state index contributed by atoms with van der Waals surface area (Å²) in [5, 5.41) is 11.3. The molecule has 2 aromatic rings. The lowest BCUT2D eigenvalue weighted by molar-refractivity contribution is 0.619. The minimum absolute atomic E-state index is 0.223. The van der Waals surface area contributed by atoms with Gasteiger partial charge in [0.2, 0.25) is 0 Å². The van der Waals surface area contributed by atoms with Gasteiger partial charge in [0, 0.05) is 11.3 Å². The number of nitrogens with zero attached hydrogens (tertiary/aromatic N) is 2. The Morgan fingerprint density at radius 3 is 2.71 bits per heavy atom. The maximum atomic E-state index is 13.3. The van der Waals surface area contributed by atoms with Crippen molar-refractivity contribution in [3.8, 4) is 0 Å². The predicted molar refractivity (Wildman–Crippen MR) is 85.0 cm³/mol. The van der Waals surface area contributed by atoms with Crippen LogP contribution in [0.2, 0.25) is 0 Å². The lowest BCUT2D eigenvalue weighted by Gasteiger charge is -2.13. The third-order valence-electron chi connectivity index (χ3n) is 3.22. The summed E-state index contributed by atoms with van der Waals surface area (Å²) < 4.78 is 13.3. The molecular weight excluding hydrogens is 265 g/mol. The summed E-state index contributed by atoms with van der Waals surface area (Å²) in [7, 11) is 0. The predicted octanol–water partition coefficient (Wildman–Crippen LogP) is 4.57. The van der Waals surface area contributed by atoms with E-state index in [4.69, 9.17) is 0 Å². The Morgan fingerprint density at radius 2 is 2.05 bits per heavy atom. The molecule has 0 aliphatic rings. The number of aromatic nitrogens is 2. The van der Waals surface area contributed by atoms with Crippen LogP contribution in [0.4, 0.5) is 15.9 Å². The number of anilines is 2. The summed E-state index contributed by atoms with van der Waals surface area (Å²) in [6.07, 6.45) is 5.38. The average molecular weight is 283 g/mol.